The van der Waals surface area contributed by atoms with E-state index in [-0.39, 0.29) is 10.6 Å². The molecule has 0 amide bonds. The average molecular weight is 393 g/mol. The van der Waals surface area contributed by atoms with Crippen LogP contribution in [-0.4, -0.2) is 9.49 Å². The van der Waals surface area contributed by atoms with Crippen LogP contribution >= 0.6 is 15.9 Å². The van der Waals surface area contributed by atoms with Gasteiger partial charge in [0.05, 0.1) is 21.7 Å². The predicted molar refractivity (Wildman–Crippen MR) is 103 cm³/mol. The van der Waals surface area contributed by atoms with Gasteiger partial charge in [0, 0.05) is 22.1 Å². The summed E-state index contributed by atoms with van der Waals surface area (Å²) in [4.78, 5) is 11.1. The molecule has 0 radical (unpaired) electrons. The van der Waals surface area contributed by atoms with Gasteiger partial charge in [-0.3, -0.25) is 10.1 Å². The molecule has 4 nitrogen and oxygen atoms in total. The Labute approximate surface area is 152 Å². The van der Waals surface area contributed by atoms with Crippen LogP contribution in [0.15, 0.2) is 83.5 Å². The number of hydrogen-bond acceptors (Lipinski definition) is 2. The first-order valence-electron chi connectivity index (χ1n) is 7.75. The molecule has 0 aliphatic carbocycles. The third-order valence-corrected chi connectivity index (χ3v) is 4.91. The fraction of sp³-hybridized carbons (Fsp3) is 0. The monoisotopic (exact) mass is 392 g/mol. The molecule has 5 heteroatoms. The van der Waals surface area contributed by atoms with Crippen LogP contribution in [0.5, 0.6) is 0 Å². The van der Waals surface area contributed by atoms with E-state index in [4.69, 9.17) is 0 Å². The summed E-state index contributed by atoms with van der Waals surface area (Å²) in [5, 5.41) is 12.4. The second kappa shape index (κ2) is 6.18. The minimum atomic E-state index is -0.334. The first-order chi connectivity index (χ1) is 12.2. The standard InChI is InChI=1S/C20H13BrN2O2/c21-17-8-2-4-10-20(17)22-13-12-16-14(7-5-11-18(16)22)15-6-1-3-9-19(15)23(24)25/h1-13H. The zero-order chi connectivity index (χ0) is 17.4. The van der Waals surface area contributed by atoms with Crippen LogP contribution in [0.25, 0.3) is 27.7 Å². The van der Waals surface area contributed by atoms with E-state index in [1.54, 1.807) is 18.2 Å². The highest BCUT2D eigenvalue weighted by Gasteiger charge is 2.17. The number of nitro benzene ring substituents is 1. The largest absolute Gasteiger partial charge is 0.315 e. The maximum Gasteiger partial charge on any atom is 0.277 e. The highest BCUT2D eigenvalue weighted by atomic mass is 79.9. The fourth-order valence-corrected chi connectivity index (χ4v) is 3.60. The molecule has 1 heterocycles. The molecule has 4 aromatic rings. The first-order valence-corrected chi connectivity index (χ1v) is 8.55. The molecule has 0 atom stereocenters. The minimum absolute atomic E-state index is 0.114. The van der Waals surface area contributed by atoms with Gasteiger partial charge in [0.15, 0.2) is 0 Å². The Balaban J connectivity index is 1.98. The summed E-state index contributed by atoms with van der Waals surface area (Å²) in [5.74, 6) is 0. The number of nitro groups is 1. The molecule has 3 aromatic carbocycles. The van der Waals surface area contributed by atoms with Crippen molar-refractivity contribution in [2.45, 2.75) is 0 Å². The number of benzene rings is 3. The van der Waals surface area contributed by atoms with E-state index in [1.807, 2.05) is 60.8 Å². The highest BCUT2D eigenvalue weighted by molar-refractivity contribution is 9.10. The molecule has 0 spiro atoms. The molecule has 1 aromatic heterocycles. The molecule has 0 aliphatic heterocycles. The summed E-state index contributed by atoms with van der Waals surface area (Å²) in [6.07, 6.45) is 1.99. The molecule has 0 aliphatic rings. The SMILES string of the molecule is O=[N+]([O-])c1ccccc1-c1cccc2c1ccn2-c1ccccc1Br. The molecule has 0 bridgehead atoms. The van der Waals surface area contributed by atoms with Crippen LogP contribution in [-0.2, 0) is 0 Å². The van der Waals surface area contributed by atoms with Crippen molar-refractivity contribution in [3.8, 4) is 16.8 Å². The quantitative estimate of drug-likeness (QED) is 0.318. The predicted octanol–water partition coefficient (Wildman–Crippen LogP) is 5.97. The lowest BCUT2D eigenvalue weighted by Gasteiger charge is -2.09. The molecule has 0 saturated carbocycles. The lowest BCUT2D eigenvalue weighted by Crippen LogP contribution is -1.94. The summed E-state index contributed by atoms with van der Waals surface area (Å²) in [6, 6.07) is 22.7. The van der Waals surface area contributed by atoms with Gasteiger partial charge in [-0.15, -0.1) is 0 Å². The smallest absolute Gasteiger partial charge is 0.277 e. The Morgan fingerprint density at radius 1 is 0.840 bits per heavy atom. The maximum atomic E-state index is 11.4. The van der Waals surface area contributed by atoms with E-state index in [1.165, 1.54) is 0 Å². The molecular weight excluding hydrogens is 380 g/mol. The Hall–Kier alpha value is -2.92. The average Bonchev–Trinajstić information content (AvgIpc) is 3.06. The molecule has 0 saturated heterocycles. The van der Waals surface area contributed by atoms with Gasteiger partial charge in [0.2, 0.25) is 0 Å². The van der Waals surface area contributed by atoms with Crippen LogP contribution in [0.3, 0.4) is 0 Å². The van der Waals surface area contributed by atoms with Crippen LogP contribution in [0.2, 0.25) is 0 Å². The number of halogens is 1. The topological polar surface area (TPSA) is 48.1 Å². The van der Waals surface area contributed by atoms with Gasteiger partial charge in [-0.05, 0) is 51.8 Å². The van der Waals surface area contributed by atoms with Gasteiger partial charge in [0.25, 0.3) is 5.69 Å². The highest BCUT2D eigenvalue weighted by Crippen LogP contribution is 2.36. The third-order valence-electron chi connectivity index (χ3n) is 4.24. The van der Waals surface area contributed by atoms with E-state index in [2.05, 4.69) is 20.5 Å². The molecule has 4 rings (SSSR count). The number of aromatic nitrogens is 1. The summed E-state index contributed by atoms with van der Waals surface area (Å²) in [6.45, 7) is 0. The van der Waals surface area contributed by atoms with Gasteiger partial charge in [-0.2, -0.15) is 0 Å². The number of nitrogens with zero attached hydrogens (tertiary/aromatic N) is 2. The maximum absolute atomic E-state index is 11.4. The number of para-hydroxylation sites is 2. The van der Waals surface area contributed by atoms with E-state index < -0.39 is 0 Å². The van der Waals surface area contributed by atoms with Gasteiger partial charge >= 0.3 is 0 Å². The Kier molecular flexibility index (Phi) is 3.86. The van der Waals surface area contributed by atoms with Crippen molar-refractivity contribution in [3.63, 3.8) is 0 Å². The van der Waals surface area contributed by atoms with Crippen LogP contribution in [0.4, 0.5) is 5.69 Å². The van der Waals surface area contributed by atoms with E-state index in [9.17, 15) is 10.1 Å². The first kappa shape index (κ1) is 15.6. The van der Waals surface area contributed by atoms with Crippen molar-refractivity contribution in [1.29, 1.82) is 0 Å². The number of fused-ring (bicyclic) bond motifs is 1. The van der Waals surface area contributed by atoms with E-state index in [0.717, 1.165) is 26.6 Å². The van der Waals surface area contributed by atoms with Crippen molar-refractivity contribution < 1.29 is 4.92 Å². The number of rotatable bonds is 3. The fourth-order valence-electron chi connectivity index (χ4n) is 3.12. The lowest BCUT2D eigenvalue weighted by atomic mass is 10.00. The Morgan fingerprint density at radius 2 is 1.56 bits per heavy atom. The molecule has 0 N–H and O–H groups in total. The second-order valence-corrected chi connectivity index (χ2v) is 6.50. The van der Waals surface area contributed by atoms with Crippen molar-refractivity contribution >= 4 is 32.5 Å². The van der Waals surface area contributed by atoms with Crippen LogP contribution in [0.1, 0.15) is 0 Å². The minimum Gasteiger partial charge on any atom is -0.315 e. The Morgan fingerprint density at radius 3 is 2.36 bits per heavy atom. The van der Waals surface area contributed by atoms with Crippen molar-refractivity contribution in [1.82, 2.24) is 4.57 Å². The molecule has 122 valence electrons. The van der Waals surface area contributed by atoms with Gasteiger partial charge in [0.1, 0.15) is 0 Å². The molecule has 25 heavy (non-hydrogen) atoms. The zero-order valence-corrected chi connectivity index (χ0v) is 14.7. The van der Waals surface area contributed by atoms with Crippen molar-refractivity contribution in [2.24, 2.45) is 0 Å². The molecule has 0 unspecified atom stereocenters. The van der Waals surface area contributed by atoms with E-state index >= 15 is 0 Å². The molecular formula is C20H13BrN2O2. The van der Waals surface area contributed by atoms with Gasteiger partial charge in [-0.1, -0.05) is 36.4 Å². The lowest BCUT2D eigenvalue weighted by molar-refractivity contribution is -0.384. The summed E-state index contributed by atoms with van der Waals surface area (Å²) < 4.78 is 3.07. The van der Waals surface area contributed by atoms with Gasteiger partial charge < -0.3 is 4.57 Å². The second-order valence-electron chi connectivity index (χ2n) is 5.65. The van der Waals surface area contributed by atoms with Crippen molar-refractivity contribution in [3.05, 3.63) is 93.6 Å². The zero-order valence-electron chi connectivity index (χ0n) is 13.1. The summed E-state index contributed by atoms with van der Waals surface area (Å²) in [7, 11) is 0. The summed E-state index contributed by atoms with van der Waals surface area (Å²) >= 11 is 3.59. The van der Waals surface area contributed by atoms with E-state index in [0.29, 0.717) is 5.56 Å². The van der Waals surface area contributed by atoms with Crippen molar-refractivity contribution in [2.75, 3.05) is 0 Å². The Bertz CT molecular complexity index is 1100. The van der Waals surface area contributed by atoms with Gasteiger partial charge in [-0.25, -0.2) is 0 Å². The third kappa shape index (κ3) is 2.62. The normalized spacial score (nSPS) is 10.9. The van der Waals surface area contributed by atoms with Crippen LogP contribution < -0.4 is 0 Å². The molecule has 0 fully saturated rings. The summed E-state index contributed by atoms with van der Waals surface area (Å²) in [5.41, 5.74) is 3.63. The van der Waals surface area contributed by atoms with Crippen LogP contribution in [0, 0.1) is 10.1 Å². The number of hydrogen-bond donors (Lipinski definition) is 0.